The van der Waals surface area contributed by atoms with Crippen LogP contribution in [0.2, 0.25) is 0 Å². The highest BCUT2D eigenvalue weighted by atomic mass is 79.9. The van der Waals surface area contributed by atoms with Gasteiger partial charge in [-0.15, -0.1) is 0 Å². The van der Waals surface area contributed by atoms with Gasteiger partial charge in [0.05, 0.1) is 40.9 Å². The summed E-state index contributed by atoms with van der Waals surface area (Å²) in [6.07, 6.45) is 3.19. The van der Waals surface area contributed by atoms with Gasteiger partial charge in [-0.25, -0.2) is 0 Å². The number of nitrogens with zero attached hydrogens (tertiary/aromatic N) is 4. The Labute approximate surface area is 205 Å². The molecule has 2 N–H and O–H groups in total. The number of rotatable bonds is 8. The van der Waals surface area contributed by atoms with Crippen LogP contribution in [0.1, 0.15) is 50.5 Å². The molecule has 0 radical (unpaired) electrons. The van der Waals surface area contributed by atoms with Crippen LogP contribution >= 0.6 is 15.9 Å². The summed E-state index contributed by atoms with van der Waals surface area (Å²) in [5.74, 6) is -0.102. The molecule has 0 aliphatic heterocycles. The molecule has 176 valence electrons. The lowest BCUT2D eigenvalue weighted by Gasteiger charge is -2.09. The molecule has 0 fully saturated rings. The zero-order valence-electron chi connectivity index (χ0n) is 19.1. The minimum atomic E-state index is -0.400. The Morgan fingerprint density at radius 2 is 1.94 bits per heavy atom. The Morgan fingerprint density at radius 3 is 2.62 bits per heavy atom. The number of hydrogen-bond donors (Lipinski definition) is 2. The molecule has 4 aromatic rings. The minimum Gasteiger partial charge on any atom is -0.467 e. The molecule has 9 nitrogen and oxygen atoms in total. The highest BCUT2D eigenvalue weighted by molar-refractivity contribution is 9.10. The molecule has 34 heavy (non-hydrogen) atoms. The quantitative estimate of drug-likeness (QED) is 0.357. The van der Waals surface area contributed by atoms with Crippen molar-refractivity contribution >= 4 is 33.4 Å². The van der Waals surface area contributed by atoms with Gasteiger partial charge >= 0.3 is 0 Å². The van der Waals surface area contributed by atoms with Crippen LogP contribution in [-0.2, 0) is 19.6 Å². The van der Waals surface area contributed by atoms with Crippen LogP contribution < -0.4 is 10.6 Å². The van der Waals surface area contributed by atoms with E-state index >= 15 is 0 Å². The Balaban J connectivity index is 1.50. The maximum atomic E-state index is 13.0. The van der Waals surface area contributed by atoms with Gasteiger partial charge in [0.25, 0.3) is 11.8 Å². The second kappa shape index (κ2) is 10.1. The first-order valence-corrected chi connectivity index (χ1v) is 11.6. The maximum absolute atomic E-state index is 13.0. The number of anilines is 1. The fourth-order valence-electron chi connectivity index (χ4n) is 3.51. The molecule has 0 atom stereocenters. The van der Waals surface area contributed by atoms with Crippen molar-refractivity contribution in [3.05, 3.63) is 87.3 Å². The predicted octanol–water partition coefficient (Wildman–Crippen LogP) is 4.30. The van der Waals surface area contributed by atoms with Crippen LogP contribution in [0, 0.1) is 13.8 Å². The summed E-state index contributed by atoms with van der Waals surface area (Å²) in [5, 5.41) is 14.4. The lowest BCUT2D eigenvalue weighted by molar-refractivity contribution is 0.0943. The van der Waals surface area contributed by atoms with E-state index in [1.165, 1.54) is 0 Å². The molecule has 3 heterocycles. The van der Waals surface area contributed by atoms with E-state index in [4.69, 9.17) is 4.42 Å². The van der Waals surface area contributed by atoms with Crippen molar-refractivity contribution in [1.82, 2.24) is 24.9 Å². The van der Waals surface area contributed by atoms with Crippen molar-refractivity contribution in [1.29, 1.82) is 0 Å². The molecule has 4 rings (SSSR count). The second-order valence-electron chi connectivity index (χ2n) is 7.81. The highest BCUT2D eigenvalue weighted by Gasteiger charge is 2.20. The monoisotopic (exact) mass is 524 g/mol. The summed E-state index contributed by atoms with van der Waals surface area (Å²) < 4.78 is 9.73. The van der Waals surface area contributed by atoms with E-state index in [0.29, 0.717) is 30.1 Å². The first-order valence-electron chi connectivity index (χ1n) is 10.8. The van der Waals surface area contributed by atoms with Gasteiger partial charge in [0, 0.05) is 18.3 Å². The molecule has 0 aliphatic rings. The Morgan fingerprint density at radius 1 is 1.12 bits per heavy atom. The Hall–Kier alpha value is -3.66. The van der Waals surface area contributed by atoms with Crippen LogP contribution in [0.4, 0.5) is 5.69 Å². The molecule has 0 spiro atoms. The van der Waals surface area contributed by atoms with E-state index < -0.39 is 5.91 Å². The van der Waals surface area contributed by atoms with Gasteiger partial charge in [-0.2, -0.15) is 10.2 Å². The summed E-state index contributed by atoms with van der Waals surface area (Å²) >= 11 is 3.54. The first-order chi connectivity index (χ1) is 16.4. The van der Waals surface area contributed by atoms with Crippen LogP contribution in [-0.4, -0.2) is 31.4 Å². The lowest BCUT2D eigenvalue weighted by atomic mass is 10.1. The first kappa shape index (κ1) is 23.5. The fourth-order valence-corrected chi connectivity index (χ4v) is 3.80. The number of nitrogens with one attached hydrogen (secondary N) is 2. The van der Waals surface area contributed by atoms with Gasteiger partial charge in [-0.3, -0.25) is 19.0 Å². The van der Waals surface area contributed by atoms with Gasteiger partial charge in [0.2, 0.25) is 0 Å². The standard InChI is InChI=1S/C24H25BrN6O3/c1-4-30-14-20(22(29-30)24(33)26-12-19-9-6-10-34-19)27-23(32)18-8-5-7-17(11-18)13-31-16(3)21(25)15(2)28-31/h5-11,14H,4,12-13H2,1-3H3,(H,26,33)(H,27,32). The molecule has 0 aliphatic carbocycles. The van der Waals surface area contributed by atoms with Gasteiger partial charge in [0.1, 0.15) is 5.76 Å². The largest absolute Gasteiger partial charge is 0.467 e. The second-order valence-corrected chi connectivity index (χ2v) is 8.60. The number of carbonyl (C=O) groups is 2. The summed E-state index contributed by atoms with van der Waals surface area (Å²) in [4.78, 5) is 25.8. The molecule has 0 saturated heterocycles. The van der Waals surface area contributed by atoms with Gasteiger partial charge < -0.3 is 15.1 Å². The Bertz CT molecular complexity index is 1320. The average Bonchev–Trinajstić information content (AvgIpc) is 3.55. The maximum Gasteiger partial charge on any atom is 0.274 e. The number of hydrogen-bond acceptors (Lipinski definition) is 5. The molecule has 3 aromatic heterocycles. The predicted molar refractivity (Wildman–Crippen MR) is 131 cm³/mol. The number of aromatic nitrogens is 4. The summed E-state index contributed by atoms with van der Waals surface area (Å²) in [6.45, 7) is 7.16. The van der Waals surface area contributed by atoms with Gasteiger partial charge in [-0.05, 0) is 66.5 Å². The van der Waals surface area contributed by atoms with Crippen LogP contribution in [0.15, 0.2) is 57.7 Å². The van der Waals surface area contributed by atoms with Crippen LogP contribution in [0.3, 0.4) is 0 Å². The zero-order valence-corrected chi connectivity index (χ0v) is 20.7. The van der Waals surface area contributed by atoms with E-state index in [1.807, 2.05) is 43.7 Å². The normalized spacial score (nSPS) is 10.9. The molecule has 10 heteroatoms. The van der Waals surface area contributed by atoms with Crippen molar-refractivity contribution in [2.75, 3.05) is 5.32 Å². The number of benzene rings is 1. The third kappa shape index (κ3) is 5.12. The molecule has 0 unspecified atom stereocenters. The summed E-state index contributed by atoms with van der Waals surface area (Å²) in [5.41, 5.74) is 3.83. The van der Waals surface area contributed by atoms with Crippen molar-refractivity contribution in [3.63, 3.8) is 0 Å². The number of furan rings is 1. The van der Waals surface area contributed by atoms with E-state index in [-0.39, 0.29) is 18.1 Å². The van der Waals surface area contributed by atoms with E-state index in [2.05, 4.69) is 36.8 Å². The summed E-state index contributed by atoms with van der Waals surface area (Å²) in [7, 11) is 0. The topological polar surface area (TPSA) is 107 Å². The fraction of sp³-hybridized carbons (Fsp3) is 0.250. The minimum absolute atomic E-state index is 0.144. The third-order valence-electron chi connectivity index (χ3n) is 5.37. The van der Waals surface area contributed by atoms with Crippen molar-refractivity contribution in [2.45, 2.75) is 40.4 Å². The van der Waals surface area contributed by atoms with E-state index in [0.717, 1.165) is 21.4 Å². The van der Waals surface area contributed by atoms with E-state index in [9.17, 15) is 9.59 Å². The van der Waals surface area contributed by atoms with Gasteiger partial charge in [0.15, 0.2) is 5.69 Å². The number of halogens is 1. The Kier molecular flexibility index (Phi) is 6.97. The molecular formula is C24H25BrN6O3. The van der Waals surface area contributed by atoms with Crippen LogP contribution in [0.5, 0.6) is 0 Å². The highest BCUT2D eigenvalue weighted by Crippen LogP contribution is 2.21. The number of carbonyl (C=O) groups excluding carboxylic acids is 2. The molecule has 0 saturated carbocycles. The third-order valence-corrected chi connectivity index (χ3v) is 6.51. The van der Waals surface area contributed by atoms with E-state index in [1.54, 1.807) is 35.3 Å². The molecule has 1 aromatic carbocycles. The van der Waals surface area contributed by atoms with Crippen molar-refractivity contribution < 1.29 is 14.0 Å². The average molecular weight is 525 g/mol. The van der Waals surface area contributed by atoms with Crippen molar-refractivity contribution in [3.8, 4) is 0 Å². The van der Waals surface area contributed by atoms with Crippen LogP contribution in [0.25, 0.3) is 0 Å². The smallest absolute Gasteiger partial charge is 0.274 e. The number of aryl methyl sites for hydroxylation is 2. The lowest BCUT2D eigenvalue weighted by Crippen LogP contribution is -2.25. The molecule has 0 bridgehead atoms. The number of amides is 2. The molecule has 2 amide bonds. The summed E-state index contributed by atoms with van der Waals surface area (Å²) in [6, 6.07) is 10.9. The zero-order chi connectivity index (χ0) is 24.2. The van der Waals surface area contributed by atoms with Gasteiger partial charge in [-0.1, -0.05) is 12.1 Å². The molecular weight excluding hydrogens is 500 g/mol. The SMILES string of the molecule is CCn1cc(NC(=O)c2cccc(Cn3nc(C)c(Br)c3C)c2)c(C(=O)NCc2ccco2)n1. The van der Waals surface area contributed by atoms with Crippen molar-refractivity contribution in [2.24, 2.45) is 0 Å².